The summed E-state index contributed by atoms with van der Waals surface area (Å²) in [5, 5.41) is 6.78. The van der Waals surface area contributed by atoms with Crippen molar-refractivity contribution in [1.29, 1.82) is 0 Å². The van der Waals surface area contributed by atoms with Crippen molar-refractivity contribution in [3.63, 3.8) is 0 Å². The third-order valence-corrected chi connectivity index (χ3v) is 4.59. The fourth-order valence-electron chi connectivity index (χ4n) is 2.90. The minimum atomic E-state index is -0.587. The number of nitrogens with one attached hydrogen (secondary N) is 1. The molecule has 0 bridgehead atoms. The molecule has 0 saturated carbocycles. The van der Waals surface area contributed by atoms with Gasteiger partial charge in [-0.3, -0.25) is 4.79 Å². The molecule has 1 N–H and O–H groups in total. The van der Waals surface area contributed by atoms with Crippen molar-refractivity contribution in [2.75, 3.05) is 13.7 Å². The van der Waals surface area contributed by atoms with Crippen LogP contribution in [0.25, 0.3) is 11.3 Å². The molecule has 0 aliphatic heterocycles. The predicted octanol–water partition coefficient (Wildman–Crippen LogP) is 4.78. The molecule has 1 amide bonds. The van der Waals surface area contributed by atoms with Crippen molar-refractivity contribution < 1.29 is 23.2 Å². The molecule has 1 aromatic heterocycles. The molecule has 29 heavy (non-hydrogen) atoms. The fourth-order valence-corrected chi connectivity index (χ4v) is 3.15. The first-order valence-corrected chi connectivity index (χ1v) is 9.32. The monoisotopic (exact) mass is 418 g/mol. The number of amides is 1. The number of ether oxygens (including phenoxy) is 2. The van der Waals surface area contributed by atoms with Gasteiger partial charge in [-0.2, -0.15) is 0 Å². The summed E-state index contributed by atoms with van der Waals surface area (Å²) in [7, 11) is 1.55. The maximum absolute atomic E-state index is 14.3. The van der Waals surface area contributed by atoms with Gasteiger partial charge in [-0.15, -0.1) is 0 Å². The molecule has 3 aromatic rings. The Labute approximate surface area is 172 Å². The van der Waals surface area contributed by atoms with E-state index in [-0.39, 0.29) is 34.1 Å². The second-order valence-corrected chi connectivity index (χ2v) is 6.57. The van der Waals surface area contributed by atoms with Gasteiger partial charge in [-0.1, -0.05) is 28.9 Å². The molecule has 0 atom stereocenters. The molecular weight excluding hydrogens is 399 g/mol. The summed E-state index contributed by atoms with van der Waals surface area (Å²) >= 11 is 6.12. The van der Waals surface area contributed by atoms with Crippen LogP contribution < -0.4 is 14.8 Å². The van der Waals surface area contributed by atoms with E-state index in [1.54, 1.807) is 26.2 Å². The minimum Gasteiger partial charge on any atom is -0.493 e. The third kappa shape index (κ3) is 4.35. The normalized spacial score (nSPS) is 10.7. The van der Waals surface area contributed by atoms with Gasteiger partial charge in [-0.05, 0) is 43.7 Å². The molecule has 1 heterocycles. The molecule has 0 spiro atoms. The Morgan fingerprint density at radius 3 is 2.76 bits per heavy atom. The lowest BCUT2D eigenvalue weighted by atomic mass is 10.0. The number of halogens is 2. The summed E-state index contributed by atoms with van der Waals surface area (Å²) in [5.74, 6) is 0.415. The van der Waals surface area contributed by atoms with E-state index in [1.165, 1.54) is 18.2 Å². The number of rotatable bonds is 7. The van der Waals surface area contributed by atoms with Gasteiger partial charge in [0.1, 0.15) is 22.8 Å². The van der Waals surface area contributed by atoms with E-state index >= 15 is 0 Å². The highest BCUT2D eigenvalue weighted by atomic mass is 35.5. The highest BCUT2D eigenvalue weighted by Crippen LogP contribution is 2.33. The lowest BCUT2D eigenvalue weighted by Gasteiger charge is -2.12. The van der Waals surface area contributed by atoms with Crippen LogP contribution in [-0.4, -0.2) is 24.8 Å². The lowest BCUT2D eigenvalue weighted by Crippen LogP contribution is -2.23. The van der Waals surface area contributed by atoms with E-state index in [2.05, 4.69) is 10.5 Å². The maximum Gasteiger partial charge on any atom is 0.257 e. The number of nitrogens with zero attached hydrogens (tertiary/aromatic N) is 1. The van der Waals surface area contributed by atoms with Crippen molar-refractivity contribution in [1.82, 2.24) is 10.5 Å². The maximum atomic E-state index is 14.3. The molecule has 0 radical (unpaired) electrons. The number of carbonyl (C=O) groups excluding carboxylic acids is 1. The Hall–Kier alpha value is -3.06. The zero-order valence-corrected chi connectivity index (χ0v) is 17.0. The zero-order chi connectivity index (χ0) is 21.0. The number of carbonyl (C=O) groups is 1. The second-order valence-electron chi connectivity index (χ2n) is 6.16. The summed E-state index contributed by atoms with van der Waals surface area (Å²) in [4.78, 5) is 12.8. The second kappa shape index (κ2) is 8.96. The van der Waals surface area contributed by atoms with E-state index in [4.69, 9.17) is 25.6 Å². The molecule has 6 nitrogen and oxygen atoms in total. The van der Waals surface area contributed by atoms with Crippen LogP contribution in [0.3, 0.4) is 0 Å². The Morgan fingerprint density at radius 2 is 2.07 bits per heavy atom. The Morgan fingerprint density at radius 1 is 1.28 bits per heavy atom. The van der Waals surface area contributed by atoms with Crippen LogP contribution >= 0.6 is 11.6 Å². The first-order valence-electron chi connectivity index (χ1n) is 8.94. The molecule has 0 fully saturated rings. The molecule has 0 aliphatic rings. The first kappa shape index (κ1) is 20.7. The van der Waals surface area contributed by atoms with E-state index in [0.717, 1.165) is 5.56 Å². The van der Waals surface area contributed by atoms with Gasteiger partial charge in [-0.25, -0.2) is 4.39 Å². The smallest absolute Gasteiger partial charge is 0.257 e. The topological polar surface area (TPSA) is 73.6 Å². The van der Waals surface area contributed by atoms with E-state index < -0.39 is 11.7 Å². The van der Waals surface area contributed by atoms with Gasteiger partial charge >= 0.3 is 0 Å². The molecular formula is C21H20ClFN2O4. The van der Waals surface area contributed by atoms with Crippen molar-refractivity contribution in [3.8, 4) is 22.8 Å². The van der Waals surface area contributed by atoms with Gasteiger partial charge in [0.15, 0.2) is 11.5 Å². The van der Waals surface area contributed by atoms with Crippen LogP contribution in [0.15, 0.2) is 40.9 Å². The SMILES string of the molecule is CCOc1ccc(CNC(=O)c2c(-c3c(F)cccc3Cl)noc2C)cc1OC. The number of hydrogen-bond donors (Lipinski definition) is 1. The highest BCUT2D eigenvalue weighted by Gasteiger charge is 2.25. The number of aryl methyl sites for hydroxylation is 1. The molecule has 0 aliphatic carbocycles. The van der Waals surface area contributed by atoms with Gasteiger partial charge in [0, 0.05) is 6.54 Å². The molecule has 0 saturated heterocycles. The number of aromatic nitrogens is 1. The summed E-state index contributed by atoms with van der Waals surface area (Å²) in [6.45, 7) is 4.20. The molecule has 2 aromatic carbocycles. The van der Waals surface area contributed by atoms with E-state index in [0.29, 0.717) is 18.1 Å². The predicted molar refractivity (Wildman–Crippen MR) is 107 cm³/mol. The Kier molecular flexibility index (Phi) is 6.39. The first-order chi connectivity index (χ1) is 14.0. The average Bonchev–Trinajstić information content (AvgIpc) is 3.08. The van der Waals surface area contributed by atoms with Gasteiger partial charge in [0.25, 0.3) is 5.91 Å². The highest BCUT2D eigenvalue weighted by molar-refractivity contribution is 6.33. The molecule has 152 valence electrons. The molecule has 3 rings (SSSR count). The zero-order valence-electron chi connectivity index (χ0n) is 16.2. The van der Waals surface area contributed by atoms with Gasteiger partial charge < -0.3 is 19.3 Å². The quantitative estimate of drug-likeness (QED) is 0.597. The van der Waals surface area contributed by atoms with Crippen LogP contribution in [0.4, 0.5) is 4.39 Å². The van der Waals surface area contributed by atoms with Crippen molar-refractivity contribution in [2.45, 2.75) is 20.4 Å². The van der Waals surface area contributed by atoms with Crippen LogP contribution in [-0.2, 0) is 6.54 Å². The van der Waals surface area contributed by atoms with Crippen LogP contribution in [0.5, 0.6) is 11.5 Å². The molecule has 8 heteroatoms. The molecule has 0 unspecified atom stereocenters. The van der Waals surface area contributed by atoms with Crippen molar-refractivity contribution in [3.05, 3.63) is 64.1 Å². The van der Waals surface area contributed by atoms with Crippen LogP contribution in [0.1, 0.15) is 28.6 Å². The summed E-state index contributed by atoms with van der Waals surface area (Å²) in [6, 6.07) is 9.63. The lowest BCUT2D eigenvalue weighted by molar-refractivity contribution is 0.0950. The third-order valence-electron chi connectivity index (χ3n) is 4.27. The minimum absolute atomic E-state index is 0.0268. The summed E-state index contributed by atoms with van der Waals surface area (Å²) in [5.41, 5.74) is 1.03. The average molecular weight is 419 g/mol. The van der Waals surface area contributed by atoms with Crippen LogP contribution in [0, 0.1) is 12.7 Å². The van der Waals surface area contributed by atoms with Gasteiger partial charge in [0.2, 0.25) is 0 Å². The largest absolute Gasteiger partial charge is 0.493 e. The van der Waals surface area contributed by atoms with Crippen molar-refractivity contribution >= 4 is 17.5 Å². The summed E-state index contributed by atoms with van der Waals surface area (Å²) in [6.07, 6.45) is 0. The van der Waals surface area contributed by atoms with Crippen LogP contribution in [0.2, 0.25) is 5.02 Å². The number of methoxy groups -OCH3 is 1. The van der Waals surface area contributed by atoms with Crippen molar-refractivity contribution in [2.24, 2.45) is 0 Å². The van der Waals surface area contributed by atoms with E-state index in [1.807, 2.05) is 13.0 Å². The fraction of sp³-hybridized carbons (Fsp3) is 0.238. The Balaban J connectivity index is 1.83. The summed E-state index contributed by atoms with van der Waals surface area (Å²) < 4.78 is 30.2. The standard InChI is InChI=1S/C21H20ClFN2O4/c1-4-28-16-9-8-13(10-17(16)27-3)11-24-21(26)18-12(2)29-25-20(18)19-14(22)6-5-7-15(19)23/h5-10H,4,11H2,1-3H3,(H,24,26). The van der Waals surface area contributed by atoms with Gasteiger partial charge in [0.05, 0.1) is 24.3 Å². The number of benzene rings is 2. The van der Waals surface area contributed by atoms with E-state index in [9.17, 15) is 9.18 Å². The number of hydrogen-bond acceptors (Lipinski definition) is 5. The Bertz CT molecular complexity index is 1020.